The second kappa shape index (κ2) is 8.16. The summed E-state index contributed by atoms with van der Waals surface area (Å²) < 4.78 is 0. The molecule has 0 saturated carbocycles. The molecule has 2 heteroatoms. The van der Waals surface area contributed by atoms with Gasteiger partial charge in [-0.1, -0.05) is 50.3 Å². The molecule has 0 atom stereocenters. The Balaban J connectivity index is 2.58. The first kappa shape index (κ1) is 16.0. The van der Waals surface area contributed by atoms with Crippen LogP contribution in [0.1, 0.15) is 37.8 Å². The molecular weight excluding hydrogens is 256 g/mol. The number of hydrogen-bond donors (Lipinski definition) is 0. The fourth-order valence-electron chi connectivity index (χ4n) is 2.03. The fourth-order valence-corrected chi connectivity index (χ4v) is 2.13. The molecular formula is C17H23ClO. The van der Waals surface area contributed by atoms with Gasteiger partial charge in [-0.05, 0) is 30.4 Å². The second-order valence-electron chi connectivity index (χ2n) is 5.30. The quantitative estimate of drug-likeness (QED) is 0.503. The van der Waals surface area contributed by atoms with E-state index in [-0.39, 0.29) is 5.92 Å². The molecule has 0 spiro atoms. The van der Waals surface area contributed by atoms with Crippen molar-refractivity contribution in [3.63, 3.8) is 0 Å². The van der Waals surface area contributed by atoms with Crippen molar-refractivity contribution in [1.82, 2.24) is 0 Å². The lowest BCUT2D eigenvalue weighted by Gasteiger charge is -2.10. The van der Waals surface area contributed by atoms with E-state index in [4.69, 9.17) is 11.6 Å². The lowest BCUT2D eigenvalue weighted by atomic mass is 9.95. The number of carbonyl (C=O) groups excluding carboxylic acids is 1. The van der Waals surface area contributed by atoms with E-state index >= 15 is 0 Å². The van der Waals surface area contributed by atoms with Crippen LogP contribution in [-0.4, -0.2) is 11.7 Å². The van der Waals surface area contributed by atoms with Gasteiger partial charge in [-0.25, -0.2) is 0 Å². The number of allylic oxidation sites excluding steroid dienone is 1. The van der Waals surface area contributed by atoms with Crippen LogP contribution < -0.4 is 0 Å². The number of ketones is 1. The molecule has 0 saturated heterocycles. The SMILES string of the molecule is C=C(CCl)Cc1ccccc1CCCC(=O)C(C)C. The van der Waals surface area contributed by atoms with Crippen LogP contribution in [0, 0.1) is 5.92 Å². The Morgan fingerprint density at radius 3 is 2.47 bits per heavy atom. The summed E-state index contributed by atoms with van der Waals surface area (Å²) in [5, 5.41) is 0. The highest BCUT2D eigenvalue weighted by Crippen LogP contribution is 2.17. The predicted molar refractivity (Wildman–Crippen MR) is 82.8 cm³/mol. The summed E-state index contributed by atoms with van der Waals surface area (Å²) in [4.78, 5) is 11.6. The van der Waals surface area contributed by atoms with Gasteiger partial charge in [0, 0.05) is 18.2 Å². The fraction of sp³-hybridized carbons (Fsp3) is 0.471. The van der Waals surface area contributed by atoms with Crippen LogP contribution in [0.4, 0.5) is 0 Å². The summed E-state index contributed by atoms with van der Waals surface area (Å²) in [5.41, 5.74) is 3.63. The van der Waals surface area contributed by atoms with E-state index in [1.54, 1.807) is 0 Å². The van der Waals surface area contributed by atoms with E-state index < -0.39 is 0 Å². The van der Waals surface area contributed by atoms with Gasteiger partial charge in [-0.3, -0.25) is 4.79 Å². The summed E-state index contributed by atoms with van der Waals surface area (Å²) in [6.07, 6.45) is 3.37. The van der Waals surface area contributed by atoms with Crippen LogP contribution in [0.15, 0.2) is 36.4 Å². The molecule has 0 aromatic heterocycles. The van der Waals surface area contributed by atoms with Crippen LogP contribution in [-0.2, 0) is 17.6 Å². The van der Waals surface area contributed by atoms with Gasteiger partial charge in [0.25, 0.3) is 0 Å². The largest absolute Gasteiger partial charge is 0.299 e. The number of benzene rings is 1. The molecule has 1 rings (SSSR count). The van der Waals surface area contributed by atoms with E-state index in [1.807, 2.05) is 26.0 Å². The van der Waals surface area contributed by atoms with E-state index in [0.717, 1.165) is 24.8 Å². The Morgan fingerprint density at radius 1 is 1.26 bits per heavy atom. The first-order chi connectivity index (χ1) is 9.04. The predicted octanol–water partition coefficient (Wildman–Crippen LogP) is 4.57. The van der Waals surface area contributed by atoms with Gasteiger partial charge in [0.1, 0.15) is 5.78 Å². The van der Waals surface area contributed by atoms with Gasteiger partial charge in [-0.15, -0.1) is 11.6 Å². The van der Waals surface area contributed by atoms with Crippen LogP contribution in [0.5, 0.6) is 0 Å². The topological polar surface area (TPSA) is 17.1 Å². The Hall–Kier alpha value is -1.08. The van der Waals surface area contributed by atoms with Crippen LogP contribution in [0.25, 0.3) is 0 Å². The molecule has 104 valence electrons. The average Bonchev–Trinajstić information content (AvgIpc) is 2.40. The Labute approximate surface area is 121 Å². The van der Waals surface area contributed by atoms with Gasteiger partial charge in [0.2, 0.25) is 0 Å². The van der Waals surface area contributed by atoms with Crippen molar-refractivity contribution in [3.05, 3.63) is 47.5 Å². The van der Waals surface area contributed by atoms with Crippen LogP contribution in [0.3, 0.4) is 0 Å². The molecule has 0 aliphatic heterocycles. The monoisotopic (exact) mass is 278 g/mol. The summed E-state index contributed by atoms with van der Waals surface area (Å²) in [7, 11) is 0. The molecule has 1 aromatic rings. The average molecular weight is 279 g/mol. The number of halogens is 1. The molecule has 0 radical (unpaired) electrons. The van der Waals surface area contributed by atoms with Gasteiger partial charge < -0.3 is 0 Å². The number of Topliss-reactive ketones (excluding diaryl/α,β-unsaturated/α-hetero) is 1. The minimum Gasteiger partial charge on any atom is -0.299 e. The van der Waals surface area contributed by atoms with Gasteiger partial charge >= 0.3 is 0 Å². The lowest BCUT2D eigenvalue weighted by molar-refractivity contribution is -0.121. The third kappa shape index (κ3) is 5.61. The minimum absolute atomic E-state index is 0.145. The van der Waals surface area contributed by atoms with Crippen LogP contribution in [0.2, 0.25) is 0 Å². The van der Waals surface area contributed by atoms with Crippen molar-refractivity contribution in [2.75, 3.05) is 5.88 Å². The molecule has 0 unspecified atom stereocenters. The highest BCUT2D eigenvalue weighted by atomic mass is 35.5. The third-order valence-electron chi connectivity index (χ3n) is 3.26. The number of aryl methyl sites for hydroxylation is 1. The summed E-state index contributed by atoms with van der Waals surface area (Å²) >= 11 is 5.79. The number of carbonyl (C=O) groups is 1. The number of rotatable bonds is 8. The molecule has 1 aromatic carbocycles. The summed E-state index contributed by atoms with van der Waals surface area (Å²) in [5.74, 6) is 0.995. The maximum absolute atomic E-state index is 11.6. The van der Waals surface area contributed by atoms with Crippen molar-refractivity contribution in [1.29, 1.82) is 0 Å². The standard InChI is InChI=1S/C17H23ClO/c1-13(2)17(19)10-6-9-15-7-4-5-8-16(15)11-14(3)12-18/h4-5,7-8,13H,3,6,9-12H2,1-2H3. The Kier molecular flexibility index (Phi) is 6.86. The Bertz CT molecular complexity index is 435. The van der Waals surface area contributed by atoms with Crippen molar-refractivity contribution in [3.8, 4) is 0 Å². The maximum atomic E-state index is 11.6. The highest BCUT2D eigenvalue weighted by Gasteiger charge is 2.08. The normalized spacial score (nSPS) is 10.7. The summed E-state index contributed by atoms with van der Waals surface area (Å²) in [6.45, 7) is 7.87. The van der Waals surface area contributed by atoms with E-state index in [1.165, 1.54) is 11.1 Å². The summed E-state index contributed by atoms with van der Waals surface area (Å²) in [6, 6.07) is 8.35. The second-order valence-corrected chi connectivity index (χ2v) is 5.57. The van der Waals surface area contributed by atoms with Gasteiger partial charge in [0.05, 0.1) is 0 Å². The van der Waals surface area contributed by atoms with Crippen LogP contribution >= 0.6 is 11.6 Å². The third-order valence-corrected chi connectivity index (χ3v) is 3.64. The first-order valence-electron chi connectivity index (χ1n) is 6.86. The van der Waals surface area contributed by atoms with E-state index in [9.17, 15) is 4.79 Å². The molecule has 0 heterocycles. The molecule has 0 fully saturated rings. The number of alkyl halides is 1. The highest BCUT2D eigenvalue weighted by molar-refractivity contribution is 6.19. The molecule has 0 amide bonds. The molecule has 0 N–H and O–H groups in total. The number of hydrogen-bond acceptors (Lipinski definition) is 1. The van der Waals surface area contributed by atoms with Crippen molar-refractivity contribution < 1.29 is 4.79 Å². The smallest absolute Gasteiger partial charge is 0.135 e. The molecule has 0 aliphatic rings. The van der Waals surface area contributed by atoms with E-state index in [0.29, 0.717) is 18.1 Å². The van der Waals surface area contributed by atoms with Crippen molar-refractivity contribution in [2.45, 2.75) is 39.5 Å². The van der Waals surface area contributed by atoms with Gasteiger partial charge in [-0.2, -0.15) is 0 Å². The molecule has 0 aliphatic carbocycles. The molecule has 1 nitrogen and oxygen atoms in total. The zero-order valence-electron chi connectivity index (χ0n) is 11.9. The Morgan fingerprint density at radius 2 is 1.89 bits per heavy atom. The molecule has 19 heavy (non-hydrogen) atoms. The minimum atomic E-state index is 0.145. The van der Waals surface area contributed by atoms with Crippen molar-refractivity contribution in [2.24, 2.45) is 5.92 Å². The zero-order chi connectivity index (χ0) is 14.3. The van der Waals surface area contributed by atoms with Gasteiger partial charge in [0.15, 0.2) is 0 Å². The maximum Gasteiger partial charge on any atom is 0.135 e. The van der Waals surface area contributed by atoms with Crippen molar-refractivity contribution >= 4 is 17.4 Å². The van der Waals surface area contributed by atoms with E-state index in [2.05, 4.69) is 18.7 Å². The lowest BCUT2D eigenvalue weighted by Crippen LogP contribution is -2.07. The first-order valence-corrected chi connectivity index (χ1v) is 7.40. The zero-order valence-corrected chi connectivity index (χ0v) is 12.7. The molecule has 0 bridgehead atoms.